The van der Waals surface area contributed by atoms with E-state index in [-0.39, 0.29) is 18.6 Å². The van der Waals surface area contributed by atoms with Gasteiger partial charge in [0.25, 0.3) is 5.91 Å². The summed E-state index contributed by atoms with van der Waals surface area (Å²) in [4.78, 5) is 12.2. The summed E-state index contributed by atoms with van der Waals surface area (Å²) < 4.78 is 21.2. The molecular weight excluding hydrogens is 334 g/mol. The zero-order valence-electron chi connectivity index (χ0n) is 15.6. The number of hydrogen-bond donors (Lipinski definition) is 1. The van der Waals surface area contributed by atoms with E-state index >= 15 is 0 Å². The van der Waals surface area contributed by atoms with Gasteiger partial charge in [-0.3, -0.25) is 4.79 Å². The number of benzene rings is 2. The summed E-state index contributed by atoms with van der Waals surface area (Å²) in [6.45, 7) is 1.95. The van der Waals surface area contributed by atoms with Gasteiger partial charge in [0, 0.05) is 0 Å². The van der Waals surface area contributed by atoms with E-state index in [0.29, 0.717) is 17.2 Å². The first-order valence-corrected chi connectivity index (χ1v) is 8.39. The SMILES string of the molecule is CCC(NC(=O)COc1ccc(OC)cc1)c1ccc(OC)c(OC)c1. The van der Waals surface area contributed by atoms with Gasteiger partial charge in [-0.25, -0.2) is 0 Å². The molecule has 1 amide bonds. The molecule has 0 aromatic heterocycles. The number of hydrogen-bond acceptors (Lipinski definition) is 5. The molecule has 2 aromatic carbocycles. The second-order valence-corrected chi connectivity index (χ2v) is 5.61. The molecule has 6 heteroatoms. The quantitative estimate of drug-likeness (QED) is 0.744. The van der Waals surface area contributed by atoms with Crippen LogP contribution in [-0.2, 0) is 4.79 Å². The van der Waals surface area contributed by atoms with E-state index in [1.165, 1.54) is 0 Å². The predicted molar refractivity (Wildman–Crippen MR) is 99.2 cm³/mol. The Morgan fingerprint density at radius 1 is 0.923 bits per heavy atom. The molecule has 0 aliphatic rings. The normalized spacial score (nSPS) is 11.4. The van der Waals surface area contributed by atoms with Crippen molar-refractivity contribution >= 4 is 5.91 Å². The van der Waals surface area contributed by atoms with Crippen LogP contribution >= 0.6 is 0 Å². The Bertz CT molecular complexity index is 715. The van der Waals surface area contributed by atoms with Crippen molar-refractivity contribution in [2.75, 3.05) is 27.9 Å². The van der Waals surface area contributed by atoms with Crippen molar-refractivity contribution < 1.29 is 23.7 Å². The summed E-state index contributed by atoms with van der Waals surface area (Å²) in [5.41, 5.74) is 0.947. The van der Waals surface area contributed by atoms with Crippen LogP contribution in [0, 0.1) is 0 Å². The van der Waals surface area contributed by atoms with Gasteiger partial charge in [-0.2, -0.15) is 0 Å². The molecule has 0 spiro atoms. The lowest BCUT2D eigenvalue weighted by Crippen LogP contribution is -2.32. The monoisotopic (exact) mass is 359 g/mol. The summed E-state index contributed by atoms with van der Waals surface area (Å²) in [6, 6.07) is 12.6. The van der Waals surface area contributed by atoms with Gasteiger partial charge in [0.15, 0.2) is 18.1 Å². The van der Waals surface area contributed by atoms with Gasteiger partial charge >= 0.3 is 0 Å². The van der Waals surface area contributed by atoms with Crippen LogP contribution in [-0.4, -0.2) is 33.8 Å². The third kappa shape index (κ3) is 5.05. The molecule has 0 aliphatic heterocycles. The number of rotatable bonds is 9. The lowest BCUT2D eigenvalue weighted by atomic mass is 10.0. The van der Waals surface area contributed by atoms with Gasteiger partial charge in [0.1, 0.15) is 11.5 Å². The maximum absolute atomic E-state index is 12.2. The van der Waals surface area contributed by atoms with Gasteiger partial charge < -0.3 is 24.3 Å². The van der Waals surface area contributed by atoms with Gasteiger partial charge in [0.05, 0.1) is 27.4 Å². The first-order valence-electron chi connectivity index (χ1n) is 8.39. The van der Waals surface area contributed by atoms with Crippen molar-refractivity contribution in [1.29, 1.82) is 0 Å². The third-order valence-electron chi connectivity index (χ3n) is 3.98. The summed E-state index contributed by atoms with van der Waals surface area (Å²) in [6.07, 6.45) is 0.740. The molecule has 0 bridgehead atoms. The molecule has 0 fully saturated rings. The van der Waals surface area contributed by atoms with Crippen LogP contribution in [0.3, 0.4) is 0 Å². The second kappa shape index (κ2) is 9.56. The van der Waals surface area contributed by atoms with Crippen molar-refractivity contribution in [3.05, 3.63) is 48.0 Å². The van der Waals surface area contributed by atoms with Crippen molar-refractivity contribution in [3.63, 3.8) is 0 Å². The van der Waals surface area contributed by atoms with E-state index in [4.69, 9.17) is 18.9 Å². The molecule has 1 N–H and O–H groups in total. The summed E-state index contributed by atoms with van der Waals surface area (Å²) in [5, 5.41) is 2.98. The molecule has 2 aromatic rings. The van der Waals surface area contributed by atoms with Crippen LogP contribution in [0.1, 0.15) is 24.9 Å². The molecule has 26 heavy (non-hydrogen) atoms. The van der Waals surface area contributed by atoms with Crippen LogP contribution in [0.2, 0.25) is 0 Å². The number of carbonyl (C=O) groups excluding carboxylic acids is 1. The highest BCUT2D eigenvalue weighted by atomic mass is 16.5. The molecule has 2 rings (SSSR count). The number of amides is 1. The summed E-state index contributed by atoms with van der Waals surface area (Å²) in [7, 11) is 4.78. The largest absolute Gasteiger partial charge is 0.497 e. The van der Waals surface area contributed by atoms with Crippen molar-refractivity contribution in [2.45, 2.75) is 19.4 Å². The fourth-order valence-corrected chi connectivity index (χ4v) is 2.55. The molecular formula is C20H25NO5. The van der Waals surface area contributed by atoms with Crippen LogP contribution in [0.15, 0.2) is 42.5 Å². The minimum Gasteiger partial charge on any atom is -0.497 e. The average molecular weight is 359 g/mol. The van der Waals surface area contributed by atoms with Crippen LogP contribution in [0.25, 0.3) is 0 Å². The van der Waals surface area contributed by atoms with E-state index in [9.17, 15) is 4.79 Å². The number of ether oxygens (including phenoxy) is 4. The van der Waals surface area contributed by atoms with E-state index in [1.54, 1.807) is 45.6 Å². The van der Waals surface area contributed by atoms with Crippen molar-refractivity contribution in [3.8, 4) is 23.0 Å². The molecule has 0 saturated heterocycles. The zero-order valence-corrected chi connectivity index (χ0v) is 15.6. The first kappa shape index (κ1) is 19.4. The Balaban J connectivity index is 1.96. The maximum atomic E-state index is 12.2. The Labute approximate surface area is 154 Å². The molecule has 6 nitrogen and oxygen atoms in total. The topological polar surface area (TPSA) is 66.0 Å². The lowest BCUT2D eigenvalue weighted by molar-refractivity contribution is -0.123. The van der Waals surface area contributed by atoms with Gasteiger partial charge in [0.2, 0.25) is 0 Å². The Morgan fingerprint density at radius 3 is 2.15 bits per heavy atom. The van der Waals surface area contributed by atoms with E-state index in [0.717, 1.165) is 17.7 Å². The van der Waals surface area contributed by atoms with Crippen LogP contribution < -0.4 is 24.3 Å². The molecule has 140 valence electrons. The zero-order chi connectivity index (χ0) is 18.9. The lowest BCUT2D eigenvalue weighted by Gasteiger charge is -2.19. The third-order valence-corrected chi connectivity index (χ3v) is 3.98. The number of nitrogens with one attached hydrogen (secondary N) is 1. The molecule has 0 heterocycles. The van der Waals surface area contributed by atoms with Crippen molar-refractivity contribution in [1.82, 2.24) is 5.32 Å². The maximum Gasteiger partial charge on any atom is 0.258 e. The second-order valence-electron chi connectivity index (χ2n) is 5.61. The van der Waals surface area contributed by atoms with Crippen LogP contribution in [0.5, 0.6) is 23.0 Å². The Kier molecular flexibility index (Phi) is 7.14. The minimum atomic E-state index is -0.192. The average Bonchev–Trinajstić information content (AvgIpc) is 2.70. The Morgan fingerprint density at radius 2 is 1.58 bits per heavy atom. The standard InChI is InChI=1S/C20H25NO5/c1-5-17(14-6-11-18(24-3)19(12-14)25-4)21-20(22)13-26-16-9-7-15(23-2)8-10-16/h6-12,17H,5,13H2,1-4H3,(H,21,22). The molecule has 0 aliphatic carbocycles. The van der Waals surface area contributed by atoms with Gasteiger partial charge in [-0.05, 0) is 48.4 Å². The van der Waals surface area contributed by atoms with Crippen LogP contribution in [0.4, 0.5) is 0 Å². The van der Waals surface area contributed by atoms with E-state index in [1.807, 2.05) is 25.1 Å². The van der Waals surface area contributed by atoms with E-state index in [2.05, 4.69) is 5.32 Å². The predicted octanol–water partition coefficient (Wildman–Crippen LogP) is 3.36. The summed E-state index contributed by atoms with van der Waals surface area (Å²) >= 11 is 0. The number of methoxy groups -OCH3 is 3. The molecule has 1 atom stereocenters. The smallest absolute Gasteiger partial charge is 0.258 e. The van der Waals surface area contributed by atoms with E-state index < -0.39 is 0 Å². The highest BCUT2D eigenvalue weighted by molar-refractivity contribution is 5.78. The fourth-order valence-electron chi connectivity index (χ4n) is 2.55. The first-order chi connectivity index (χ1) is 12.6. The highest BCUT2D eigenvalue weighted by Crippen LogP contribution is 2.30. The summed E-state index contributed by atoms with van der Waals surface area (Å²) in [5.74, 6) is 2.44. The minimum absolute atomic E-state index is 0.0594. The fraction of sp³-hybridized carbons (Fsp3) is 0.350. The Hall–Kier alpha value is -2.89. The highest BCUT2D eigenvalue weighted by Gasteiger charge is 2.15. The molecule has 0 radical (unpaired) electrons. The molecule has 1 unspecified atom stereocenters. The molecule has 0 saturated carbocycles. The number of carbonyl (C=O) groups is 1. The van der Waals surface area contributed by atoms with Crippen molar-refractivity contribution in [2.24, 2.45) is 0 Å². The van der Waals surface area contributed by atoms with Gasteiger partial charge in [-0.1, -0.05) is 13.0 Å². The van der Waals surface area contributed by atoms with Gasteiger partial charge in [-0.15, -0.1) is 0 Å².